The third-order valence-corrected chi connectivity index (χ3v) is 5.28. The van der Waals surface area contributed by atoms with Gasteiger partial charge in [0, 0.05) is 13.1 Å². The van der Waals surface area contributed by atoms with Gasteiger partial charge in [-0.3, -0.25) is 9.69 Å². The topological polar surface area (TPSA) is 35.6 Å². The fraction of sp³-hybridized carbons (Fsp3) is 0.944. The van der Waals surface area contributed by atoms with Gasteiger partial charge in [-0.15, -0.1) is 0 Å². The van der Waals surface area contributed by atoms with Crippen molar-refractivity contribution in [3.8, 4) is 0 Å². The van der Waals surface area contributed by atoms with Gasteiger partial charge in [-0.2, -0.15) is 0 Å². The van der Waals surface area contributed by atoms with Gasteiger partial charge >= 0.3 is 0 Å². The normalized spacial score (nSPS) is 23.0. The molecule has 1 N–H and O–H groups in total. The summed E-state index contributed by atoms with van der Waals surface area (Å²) in [5.74, 6) is 1.54. The fourth-order valence-corrected chi connectivity index (χ4v) is 3.95. The predicted molar refractivity (Wildman–Crippen MR) is 91.9 cm³/mol. The molecule has 2 aliphatic heterocycles. The number of piperidine rings is 2. The molecule has 2 rings (SSSR count). The number of carbonyl (C=O) groups excluding carboxylic acids is 1. The molecule has 0 bridgehead atoms. The Kier molecular flexibility index (Phi) is 7.16. The van der Waals surface area contributed by atoms with E-state index in [-0.39, 0.29) is 6.04 Å². The van der Waals surface area contributed by atoms with Crippen molar-refractivity contribution < 1.29 is 4.79 Å². The maximum Gasteiger partial charge on any atom is 0.240 e. The molecular weight excluding hydrogens is 274 g/mol. The average molecular weight is 309 g/mol. The Morgan fingerprint density at radius 1 is 1.09 bits per heavy atom. The van der Waals surface area contributed by atoms with Crippen molar-refractivity contribution in [3.63, 3.8) is 0 Å². The summed E-state index contributed by atoms with van der Waals surface area (Å²) < 4.78 is 0. The Labute approximate surface area is 136 Å². The largest absolute Gasteiger partial charge is 0.341 e. The molecule has 0 aromatic rings. The summed E-state index contributed by atoms with van der Waals surface area (Å²) in [4.78, 5) is 17.6. The lowest BCUT2D eigenvalue weighted by Crippen LogP contribution is -2.54. The zero-order valence-electron chi connectivity index (χ0n) is 14.8. The lowest BCUT2D eigenvalue weighted by Gasteiger charge is -2.40. The van der Waals surface area contributed by atoms with Gasteiger partial charge in [0.15, 0.2) is 0 Å². The van der Waals surface area contributed by atoms with Gasteiger partial charge in [0.05, 0.1) is 6.04 Å². The van der Waals surface area contributed by atoms with Gasteiger partial charge < -0.3 is 10.2 Å². The fourth-order valence-electron chi connectivity index (χ4n) is 3.95. The van der Waals surface area contributed by atoms with Crippen molar-refractivity contribution >= 4 is 5.91 Å². The lowest BCUT2D eigenvalue weighted by molar-refractivity contribution is -0.140. The molecule has 1 unspecified atom stereocenters. The number of nitrogens with zero attached hydrogens (tertiary/aromatic N) is 2. The molecule has 0 radical (unpaired) electrons. The van der Waals surface area contributed by atoms with Crippen LogP contribution in [0.1, 0.15) is 52.9 Å². The zero-order valence-corrected chi connectivity index (χ0v) is 14.8. The first-order valence-electron chi connectivity index (χ1n) is 9.37. The van der Waals surface area contributed by atoms with Crippen LogP contribution in [-0.2, 0) is 4.79 Å². The van der Waals surface area contributed by atoms with Crippen molar-refractivity contribution in [3.05, 3.63) is 0 Å². The van der Waals surface area contributed by atoms with Crippen LogP contribution in [0.3, 0.4) is 0 Å². The molecule has 0 aromatic heterocycles. The first-order valence-corrected chi connectivity index (χ1v) is 9.37. The molecule has 2 heterocycles. The van der Waals surface area contributed by atoms with Gasteiger partial charge in [0.2, 0.25) is 5.91 Å². The van der Waals surface area contributed by atoms with E-state index in [0.29, 0.717) is 11.8 Å². The minimum atomic E-state index is 0.102. The Hall–Kier alpha value is -0.610. The first-order chi connectivity index (χ1) is 10.6. The van der Waals surface area contributed by atoms with Crippen molar-refractivity contribution in [2.24, 2.45) is 11.8 Å². The van der Waals surface area contributed by atoms with E-state index < -0.39 is 0 Å². The molecular formula is C18H35N3O. The molecule has 22 heavy (non-hydrogen) atoms. The number of nitrogens with one attached hydrogen (secondary N) is 1. The zero-order chi connectivity index (χ0) is 15.9. The number of rotatable bonds is 6. The Bertz CT molecular complexity index is 331. The van der Waals surface area contributed by atoms with Crippen LogP contribution >= 0.6 is 0 Å². The van der Waals surface area contributed by atoms with Crippen molar-refractivity contribution in [2.45, 2.75) is 58.9 Å². The van der Waals surface area contributed by atoms with Crippen molar-refractivity contribution in [1.82, 2.24) is 15.1 Å². The summed E-state index contributed by atoms with van der Waals surface area (Å²) in [6.45, 7) is 12.8. The predicted octanol–water partition coefficient (Wildman–Crippen LogP) is 2.34. The van der Waals surface area contributed by atoms with Crippen molar-refractivity contribution in [1.29, 1.82) is 0 Å². The van der Waals surface area contributed by atoms with E-state index >= 15 is 0 Å². The van der Waals surface area contributed by atoms with E-state index in [1.807, 2.05) is 0 Å². The Morgan fingerprint density at radius 2 is 1.73 bits per heavy atom. The van der Waals surface area contributed by atoms with Gasteiger partial charge in [-0.25, -0.2) is 0 Å². The highest BCUT2D eigenvalue weighted by Gasteiger charge is 2.34. The van der Waals surface area contributed by atoms with E-state index in [1.54, 1.807) is 0 Å². The highest BCUT2D eigenvalue weighted by molar-refractivity contribution is 5.82. The Balaban J connectivity index is 1.88. The number of likely N-dealkylation sites (tertiary alicyclic amines) is 2. The standard InChI is InChI=1S/C18H35N3O/c1-4-19-14-16-8-12-21(13-9-16)18(22)17(15(2)3)20-10-6-5-7-11-20/h15-17,19H,4-14H2,1-3H3. The first kappa shape index (κ1) is 17.7. The smallest absolute Gasteiger partial charge is 0.240 e. The summed E-state index contributed by atoms with van der Waals surface area (Å²) in [5, 5.41) is 3.44. The van der Waals surface area contributed by atoms with Gasteiger partial charge in [-0.1, -0.05) is 27.2 Å². The minimum absolute atomic E-state index is 0.102. The molecule has 1 amide bonds. The van der Waals surface area contributed by atoms with Crippen LogP contribution < -0.4 is 5.32 Å². The van der Waals surface area contributed by atoms with Gasteiger partial charge in [-0.05, 0) is 63.7 Å². The monoisotopic (exact) mass is 309 g/mol. The van der Waals surface area contributed by atoms with Crippen LogP contribution in [-0.4, -0.2) is 61.0 Å². The highest BCUT2D eigenvalue weighted by atomic mass is 16.2. The van der Waals surface area contributed by atoms with Crippen LogP contribution in [0.15, 0.2) is 0 Å². The lowest BCUT2D eigenvalue weighted by atomic mass is 9.93. The van der Waals surface area contributed by atoms with E-state index in [0.717, 1.165) is 58.0 Å². The molecule has 0 spiro atoms. The van der Waals surface area contributed by atoms with Crippen LogP contribution in [0.4, 0.5) is 0 Å². The molecule has 128 valence electrons. The number of carbonyl (C=O) groups is 1. The SMILES string of the molecule is CCNCC1CCN(C(=O)C(C(C)C)N2CCCCC2)CC1. The van der Waals surface area contributed by atoms with E-state index in [9.17, 15) is 4.79 Å². The summed E-state index contributed by atoms with van der Waals surface area (Å²) in [6.07, 6.45) is 6.14. The molecule has 2 aliphatic rings. The second-order valence-corrected chi connectivity index (χ2v) is 7.36. The molecule has 2 saturated heterocycles. The summed E-state index contributed by atoms with van der Waals surface area (Å²) in [6, 6.07) is 0.102. The van der Waals surface area contributed by atoms with E-state index in [1.165, 1.54) is 19.3 Å². The third-order valence-electron chi connectivity index (χ3n) is 5.28. The van der Waals surface area contributed by atoms with E-state index in [4.69, 9.17) is 0 Å². The number of hydrogen-bond donors (Lipinski definition) is 1. The van der Waals surface area contributed by atoms with Crippen LogP contribution in [0.25, 0.3) is 0 Å². The van der Waals surface area contributed by atoms with Crippen LogP contribution in [0.5, 0.6) is 0 Å². The number of hydrogen-bond acceptors (Lipinski definition) is 3. The molecule has 4 heteroatoms. The highest BCUT2D eigenvalue weighted by Crippen LogP contribution is 2.23. The molecule has 0 aromatic carbocycles. The summed E-state index contributed by atoms with van der Waals surface area (Å²) in [5.41, 5.74) is 0. The molecule has 4 nitrogen and oxygen atoms in total. The van der Waals surface area contributed by atoms with Crippen LogP contribution in [0, 0.1) is 11.8 Å². The quantitative estimate of drug-likeness (QED) is 0.818. The van der Waals surface area contributed by atoms with Crippen LogP contribution in [0.2, 0.25) is 0 Å². The molecule has 1 atom stereocenters. The molecule has 2 fully saturated rings. The average Bonchev–Trinajstić information content (AvgIpc) is 2.54. The van der Waals surface area contributed by atoms with Gasteiger partial charge in [0.1, 0.15) is 0 Å². The third kappa shape index (κ3) is 4.69. The second-order valence-electron chi connectivity index (χ2n) is 7.36. The van der Waals surface area contributed by atoms with Crippen molar-refractivity contribution in [2.75, 3.05) is 39.3 Å². The Morgan fingerprint density at radius 3 is 2.27 bits per heavy atom. The number of amides is 1. The van der Waals surface area contributed by atoms with Gasteiger partial charge in [0.25, 0.3) is 0 Å². The minimum Gasteiger partial charge on any atom is -0.341 e. The maximum absolute atomic E-state index is 13.0. The summed E-state index contributed by atoms with van der Waals surface area (Å²) in [7, 11) is 0. The maximum atomic E-state index is 13.0. The molecule has 0 saturated carbocycles. The summed E-state index contributed by atoms with van der Waals surface area (Å²) >= 11 is 0. The molecule has 0 aliphatic carbocycles. The van der Waals surface area contributed by atoms with E-state index in [2.05, 4.69) is 35.9 Å². The second kappa shape index (κ2) is 8.88.